The van der Waals surface area contributed by atoms with E-state index in [2.05, 4.69) is 24.5 Å². The van der Waals surface area contributed by atoms with Gasteiger partial charge in [-0.15, -0.1) is 0 Å². The highest BCUT2D eigenvalue weighted by molar-refractivity contribution is 5.96. The van der Waals surface area contributed by atoms with Crippen molar-refractivity contribution < 1.29 is 4.79 Å². The lowest BCUT2D eigenvalue weighted by molar-refractivity contribution is 0.0956. The SMILES string of the molecule is CCCCCC(C)Nc1cc(C(=O)NCC)ccc1N. The van der Waals surface area contributed by atoms with Crippen LogP contribution >= 0.6 is 0 Å². The molecule has 1 aromatic rings. The van der Waals surface area contributed by atoms with Crippen LogP contribution in [0.1, 0.15) is 56.8 Å². The molecule has 1 unspecified atom stereocenters. The Labute approximate surface area is 122 Å². The molecule has 0 aliphatic rings. The standard InChI is InChI=1S/C16H27N3O/c1-4-6-7-8-12(3)19-15-11-13(9-10-14(15)17)16(20)18-5-2/h9-12,19H,4-8,17H2,1-3H3,(H,18,20). The molecular weight excluding hydrogens is 250 g/mol. The fraction of sp³-hybridized carbons (Fsp3) is 0.562. The van der Waals surface area contributed by atoms with E-state index in [9.17, 15) is 4.79 Å². The Morgan fingerprint density at radius 2 is 2.05 bits per heavy atom. The molecule has 1 aromatic carbocycles. The molecule has 1 rings (SSSR count). The molecule has 0 aromatic heterocycles. The molecule has 20 heavy (non-hydrogen) atoms. The number of amides is 1. The predicted octanol–water partition coefficient (Wildman–Crippen LogP) is 3.40. The Bertz CT molecular complexity index is 432. The number of rotatable bonds is 8. The molecule has 1 atom stereocenters. The van der Waals surface area contributed by atoms with Gasteiger partial charge >= 0.3 is 0 Å². The van der Waals surface area contributed by atoms with Gasteiger partial charge in [-0.05, 0) is 38.5 Å². The molecule has 4 N–H and O–H groups in total. The number of nitrogens with two attached hydrogens (primary N) is 1. The second-order valence-electron chi connectivity index (χ2n) is 5.20. The largest absolute Gasteiger partial charge is 0.397 e. The minimum absolute atomic E-state index is 0.0609. The van der Waals surface area contributed by atoms with Crippen molar-refractivity contribution in [2.45, 2.75) is 52.5 Å². The number of nitrogen functional groups attached to an aromatic ring is 1. The van der Waals surface area contributed by atoms with Crippen LogP contribution in [0.5, 0.6) is 0 Å². The van der Waals surface area contributed by atoms with Crippen LogP contribution in [-0.2, 0) is 0 Å². The van der Waals surface area contributed by atoms with Crippen molar-refractivity contribution in [1.29, 1.82) is 0 Å². The molecule has 0 spiro atoms. The number of unbranched alkanes of at least 4 members (excludes halogenated alkanes) is 2. The topological polar surface area (TPSA) is 67.2 Å². The highest BCUT2D eigenvalue weighted by Crippen LogP contribution is 2.22. The third-order valence-corrected chi connectivity index (χ3v) is 3.30. The molecule has 0 bridgehead atoms. The normalized spacial score (nSPS) is 11.9. The molecule has 0 aliphatic carbocycles. The Morgan fingerprint density at radius 3 is 2.70 bits per heavy atom. The van der Waals surface area contributed by atoms with E-state index in [1.807, 2.05) is 13.0 Å². The first-order valence-electron chi connectivity index (χ1n) is 7.52. The lowest BCUT2D eigenvalue weighted by atomic mass is 10.1. The number of anilines is 2. The molecule has 0 aliphatic heterocycles. The number of carbonyl (C=O) groups excluding carboxylic acids is 1. The molecule has 4 heteroatoms. The summed E-state index contributed by atoms with van der Waals surface area (Å²) >= 11 is 0. The van der Waals surface area contributed by atoms with Crippen molar-refractivity contribution >= 4 is 17.3 Å². The van der Waals surface area contributed by atoms with Crippen molar-refractivity contribution in [3.8, 4) is 0 Å². The summed E-state index contributed by atoms with van der Waals surface area (Å²) in [5.41, 5.74) is 8.14. The fourth-order valence-corrected chi connectivity index (χ4v) is 2.12. The maximum absolute atomic E-state index is 11.8. The highest BCUT2D eigenvalue weighted by atomic mass is 16.1. The van der Waals surface area contributed by atoms with Crippen LogP contribution in [0.4, 0.5) is 11.4 Å². The maximum atomic E-state index is 11.8. The zero-order valence-corrected chi connectivity index (χ0v) is 12.8. The molecule has 4 nitrogen and oxygen atoms in total. The van der Waals surface area contributed by atoms with E-state index in [0.717, 1.165) is 12.1 Å². The van der Waals surface area contributed by atoms with Gasteiger partial charge in [0.2, 0.25) is 0 Å². The first-order valence-corrected chi connectivity index (χ1v) is 7.52. The van der Waals surface area contributed by atoms with Crippen LogP contribution in [0.2, 0.25) is 0 Å². The number of hydrogen-bond acceptors (Lipinski definition) is 3. The van der Waals surface area contributed by atoms with Gasteiger partial charge in [0.1, 0.15) is 0 Å². The molecule has 1 amide bonds. The number of hydrogen-bond donors (Lipinski definition) is 3. The fourth-order valence-electron chi connectivity index (χ4n) is 2.12. The van der Waals surface area contributed by atoms with Crippen LogP contribution in [0.25, 0.3) is 0 Å². The lowest BCUT2D eigenvalue weighted by Crippen LogP contribution is -2.23. The van der Waals surface area contributed by atoms with E-state index in [0.29, 0.717) is 23.8 Å². The van der Waals surface area contributed by atoms with Crippen LogP contribution < -0.4 is 16.4 Å². The monoisotopic (exact) mass is 277 g/mol. The van der Waals surface area contributed by atoms with Gasteiger partial charge in [-0.1, -0.05) is 26.2 Å². The second-order valence-corrected chi connectivity index (χ2v) is 5.20. The molecule has 0 saturated carbocycles. The average Bonchev–Trinajstić information content (AvgIpc) is 2.42. The minimum atomic E-state index is -0.0609. The average molecular weight is 277 g/mol. The van der Waals surface area contributed by atoms with Crippen LogP contribution in [0.3, 0.4) is 0 Å². The second kappa shape index (κ2) is 8.46. The summed E-state index contributed by atoms with van der Waals surface area (Å²) in [6.07, 6.45) is 4.79. The number of benzene rings is 1. The Morgan fingerprint density at radius 1 is 1.30 bits per heavy atom. The zero-order valence-electron chi connectivity index (χ0n) is 12.8. The lowest BCUT2D eigenvalue weighted by Gasteiger charge is -2.17. The van der Waals surface area contributed by atoms with Gasteiger partial charge in [-0.3, -0.25) is 4.79 Å². The van der Waals surface area contributed by atoms with Crippen molar-refractivity contribution in [3.05, 3.63) is 23.8 Å². The molecule has 112 valence electrons. The third kappa shape index (κ3) is 5.11. The first kappa shape index (κ1) is 16.3. The van der Waals surface area contributed by atoms with Gasteiger partial charge in [-0.25, -0.2) is 0 Å². The van der Waals surface area contributed by atoms with E-state index < -0.39 is 0 Å². The van der Waals surface area contributed by atoms with E-state index in [1.165, 1.54) is 19.3 Å². The van der Waals surface area contributed by atoms with E-state index in [4.69, 9.17) is 5.73 Å². The first-order chi connectivity index (χ1) is 9.58. The molecule has 0 fully saturated rings. The van der Waals surface area contributed by atoms with Gasteiger partial charge in [0.15, 0.2) is 0 Å². The summed E-state index contributed by atoms with van der Waals surface area (Å²) in [6.45, 7) is 6.88. The minimum Gasteiger partial charge on any atom is -0.397 e. The van der Waals surface area contributed by atoms with Crippen molar-refractivity contribution in [2.24, 2.45) is 0 Å². The van der Waals surface area contributed by atoms with Gasteiger partial charge in [-0.2, -0.15) is 0 Å². The van der Waals surface area contributed by atoms with Gasteiger partial charge in [0, 0.05) is 18.2 Å². The predicted molar refractivity (Wildman–Crippen MR) is 86.1 cm³/mol. The van der Waals surface area contributed by atoms with Crippen LogP contribution in [0, 0.1) is 0 Å². The zero-order chi connectivity index (χ0) is 15.0. The quantitative estimate of drug-likeness (QED) is 0.504. The van der Waals surface area contributed by atoms with Crippen LogP contribution in [-0.4, -0.2) is 18.5 Å². The summed E-state index contributed by atoms with van der Waals surface area (Å²) in [7, 11) is 0. The van der Waals surface area contributed by atoms with Crippen molar-refractivity contribution in [1.82, 2.24) is 5.32 Å². The molecule has 0 saturated heterocycles. The smallest absolute Gasteiger partial charge is 0.251 e. The third-order valence-electron chi connectivity index (χ3n) is 3.30. The van der Waals surface area contributed by atoms with Gasteiger partial charge in [0.05, 0.1) is 11.4 Å². The van der Waals surface area contributed by atoms with Crippen LogP contribution in [0.15, 0.2) is 18.2 Å². The van der Waals surface area contributed by atoms with Gasteiger partial charge < -0.3 is 16.4 Å². The molecule has 0 radical (unpaired) electrons. The Balaban J connectivity index is 2.68. The summed E-state index contributed by atoms with van der Waals surface area (Å²) in [4.78, 5) is 11.8. The number of carbonyl (C=O) groups is 1. The molecular formula is C16H27N3O. The molecule has 0 heterocycles. The Hall–Kier alpha value is -1.71. The maximum Gasteiger partial charge on any atom is 0.251 e. The van der Waals surface area contributed by atoms with E-state index in [-0.39, 0.29) is 5.91 Å². The summed E-state index contributed by atoms with van der Waals surface area (Å²) in [5.74, 6) is -0.0609. The highest BCUT2D eigenvalue weighted by Gasteiger charge is 2.09. The summed E-state index contributed by atoms with van der Waals surface area (Å²) in [6, 6.07) is 5.73. The van der Waals surface area contributed by atoms with E-state index >= 15 is 0 Å². The Kier molecular flexibility index (Phi) is 6.91. The van der Waals surface area contributed by atoms with Crippen molar-refractivity contribution in [3.63, 3.8) is 0 Å². The summed E-state index contributed by atoms with van der Waals surface area (Å²) in [5, 5.41) is 6.20. The van der Waals surface area contributed by atoms with Gasteiger partial charge in [0.25, 0.3) is 5.91 Å². The van der Waals surface area contributed by atoms with E-state index in [1.54, 1.807) is 12.1 Å². The summed E-state index contributed by atoms with van der Waals surface area (Å²) < 4.78 is 0. The van der Waals surface area contributed by atoms with Crippen molar-refractivity contribution in [2.75, 3.05) is 17.6 Å². The number of nitrogens with one attached hydrogen (secondary N) is 2.